The van der Waals surface area contributed by atoms with Crippen LogP contribution >= 0.6 is 11.8 Å². The summed E-state index contributed by atoms with van der Waals surface area (Å²) in [7, 11) is 0. The lowest BCUT2D eigenvalue weighted by atomic mass is 9.88. The quantitative estimate of drug-likeness (QED) is 0.674. The zero-order valence-corrected chi connectivity index (χ0v) is 8.91. The molecule has 1 aliphatic heterocycles. The monoisotopic (exact) mass is 185 g/mol. The minimum Gasteiger partial charge on any atom is -0.304 e. The first-order valence-electron chi connectivity index (χ1n) is 5.10. The number of nitrogens with one attached hydrogen (secondary N) is 1. The molecule has 2 fully saturated rings. The average molecular weight is 185 g/mol. The van der Waals surface area contributed by atoms with Gasteiger partial charge in [-0.25, -0.2) is 0 Å². The van der Waals surface area contributed by atoms with Gasteiger partial charge >= 0.3 is 0 Å². The van der Waals surface area contributed by atoms with Crippen LogP contribution in [0.4, 0.5) is 0 Å². The van der Waals surface area contributed by atoms with Crippen molar-refractivity contribution in [3.8, 4) is 0 Å². The van der Waals surface area contributed by atoms with Crippen LogP contribution in [0.5, 0.6) is 0 Å². The number of rotatable bonds is 1. The van der Waals surface area contributed by atoms with Gasteiger partial charge in [-0.3, -0.25) is 0 Å². The molecule has 1 N–H and O–H groups in total. The van der Waals surface area contributed by atoms with Crippen molar-refractivity contribution in [3.63, 3.8) is 0 Å². The van der Waals surface area contributed by atoms with Gasteiger partial charge in [-0.05, 0) is 18.3 Å². The molecule has 70 valence electrons. The van der Waals surface area contributed by atoms with Crippen molar-refractivity contribution < 1.29 is 0 Å². The molecule has 2 unspecified atom stereocenters. The molecule has 0 aromatic rings. The molecule has 0 bridgehead atoms. The van der Waals surface area contributed by atoms with E-state index in [0.29, 0.717) is 5.41 Å². The van der Waals surface area contributed by atoms with Crippen molar-refractivity contribution >= 4 is 11.8 Å². The van der Waals surface area contributed by atoms with Gasteiger partial charge in [0.2, 0.25) is 0 Å². The van der Waals surface area contributed by atoms with Crippen LogP contribution in [0.1, 0.15) is 39.5 Å². The summed E-state index contributed by atoms with van der Waals surface area (Å²) < 4.78 is 0. The molecule has 2 heteroatoms. The van der Waals surface area contributed by atoms with Crippen LogP contribution in [0.2, 0.25) is 0 Å². The largest absolute Gasteiger partial charge is 0.304 e. The second kappa shape index (κ2) is 3.22. The van der Waals surface area contributed by atoms with E-state index >= 15 is 0 Å². The SMILES string of the molecule is CC1CNC(C2(C)CCCC2)S1. The van der Waals surface area contributed by atoms with E-state index in [1.54, 1.807) is 0 Å². The van der Waals surface area contributed by atoms with E-state index in [1.165, 1.54) is 32.2 Å². The highest BCUT2D eigenvalue weighted by Gasteiger charge is 2.40. The summed E-state index contributed by atoms with van der Waals surface area (Å²) >= 11 is 2.15. The number of thioether (sulfide) groups is 1. The lowest BCUT2D eigenvalue weighted by molar-refractivity contribution is 0.299. The minimum atomic E-state index is 0.607. The zero-order chi connectivity index (χ0) is 8.60. The Kier molecular flexibility index (Phi) is 2.39. The lowest BCUT2D eigenvalue weighted by Gasteiger charge is -2.30. The third-order valence-electron chi connectivity index (χ3n) is 3.34. The first-order valence-corrected chi connectivity index (χ1v) is 6.04. The van der Waals surface area contributed by atoms with E-state index in [2.05, 4.69) is 30.9 Å². The topological polar surface area (TPSA) is 12.0 Å². The summed E-state index contributed by atoms with van der Waals surface area (Å²) in [6, 6.07) is 0. The van der Waals surface area contributed by atoms with Gasteiger partial charge < -0.3 is 5.32 Å². The van der Waals surface area contributed by atoms with E-state index < -0.39 is 0 Å². The normalized spacial score (nSPS) is 40.5. The fraction of sp³-hybridized carbons (Fsp3) is 1.00. The van der Waals surface area contributed by atoms with Crippen LogP contribution in [0.15, 0.2) is 0 Å². The predicted octanol–water partition coefficient (Wildman–Crippen LogP) is 2.62. The van der Waals surface area contributed by atoms with Gasteiger partial charge in [0.1, 0.15) is 0 Å². The number of hydrogen-bond donors (Lipinski definition) is 1. The third kappa shape index (κ3) is 1.51. The molecule has 1 saturated carbocycles. The molecular formula is C10H19NS. The maximum atomic E-state index is 3.65. The Morgan fingerprint density at radius 2 is 2.00 bits per heavy atom. The van der Waals surface area contributed by atoms with Crippen LogP contribution < -0.4 is 5.32 Å². The molecule has 1 nitrogen and oxygen atoms in total. The van der Waals surface area contributed by atoms with E-state index in [9.17, 15) is 0 Å². The second-order valence-corrected chi connectivity index (χ2v) is 6.14. The lowest BCUT2D eigenvalue weighted by Crippen LogP contribution is -2.35. The van der Waals surface area contributed by atoms with Gasteiger partial charge in [0, 0.05) is 11.8 Å². The molecule has 0 radical (unpaired) electrons. The van der Waals surface area contributed by atoms with Gasteiger partial charge in [-0.15, -0.1) is 11.8 Å². The molecule has 2 atom stereocenters. The maximum Gasteiger partial charge on any atom is 0.0590 e. The molecule has 2 rings (SSSR count). The molecule has 1 aliphatic carbocycles. The summed E-state index contributed by atoms with van der Waals surface area (Å²) in [4.78, 5) is 0. The molecule has 0 amide bonds. The Balaban J connectivity index is 1.99. The van der Waals surface area contributed by atoms with Crippen LogP contribution in [0.3, 0.4) is 0 Å². The van der Waals surface area contributed by atoms with E-state index in [4.69, 9.17) is 0 Å². The Bertz CT molecular complexity index is 163. The van der Waals surface area contributed by atoms with Crippen molar-refractivity contribution in [1.82, 2.24) is 5.32 Å². The highest BCUT2D eigenvalue weighted by molar-refractivity contribution is 8.00. The van der Waals surface area contributed by atoms with Crippen molar-refractivity contribution in [1.29, 1.82) is 0 Å². The zero-order valence-electron chi connectivity index (χ0n) is 8.10. The summed E-state index contributed by atoms with van der Waals surface area (Å²) in [5.74, 6) is 0. The first-order chi connectivity index (χ1) is 5.71. The van der Waals surface area contributed by atoms with Crippen molar-refractivity contribution in [2.24, 2.45) is 5.41 Å². The molecular weight excluding hydrogens is 166 g/mol. The maximum absolute atomic E-state index is 3.65. The Hall–Kier alpha value is 0.310. The van der Waals surface area contributed by atoms with Gasteiger partial charge in [0.25, 0.3) is 0 Å². The molecule has 0 aromatic heterocycles. The molecule has 0 aromatic carbocycles. The predicted molar refractivity (Wildman–Crippen MR) is 55.4 cm³/mol. The Morgan fingerprint density at radius 3 is 2.50 bits per heavy atom. The van der Waals surface area contributed by atoms with Gasteiger partial charge in [-0.2, -0.15) is 0 Å². The molecule has 1 saturated heterocycles. The van der Waals surface area contributed by atoms with Crippen LogP contribution in [-0.4, -0.2) is 17.2 Å². The molecule has 1 heterocycles. The third-order valence-corrected chi connectivity index (χ3v) is 4.98. The Morgan fingerprint density at radius 1 is 1.33 bits per heavy atom. The van der Waals surface area contributed by atoms with E-state index in [-0.39, 0.29) is 0 Å². The van der Waals surface area contributed by atoms with Gasteiger partial charge in [0.15, 0.2) is 0 Å². The smallest absolute Gasteiger partial charge is 0.0590 e. The van der Waals surface area contributed by atoms with Crippen LogP contribution in [0, 0.1) is 5.41 Å². The van der Waals surface area contributed by atoms with Gasteiger partial charge in [0.05, 0.1) is 5.37 Å². The summed E-state index contributed by atoms with van der Waals surface area (Å²) in [6.07, 6.45) is 5.77. The standard InChI is InChI=1S/C10H19NS/c1-8-7-11-9(12-8)10(2)5-3-4-6-10/h8-9,11H,3-7H2,1-2H3. The first kappa shape index (κ1) is 8.89. The van der Waals surface area contributed by atoms with Crippen molar-refractivity contribution in [2.45, 2.75) is 50.2 Å². The summed E-state index contributed by atoms with van der Waals surface area (Å²) in [6.45, 7) is 6.00. The van der Waals surface area contributed by atoms with Crippen LogP contribution in [0.25, 0.3) is 0 Å². The average Bonchev–Trinajstić information content (AvgIpc) is 2.59. The fourth-order valence-corrected chi connectivity index (χ4v) is 3.87. The summed E-state index contributed by atoms with van der Waals surface area (Å²) in [5, 5.41) is 5.22. The van der Waals surface area contributed by atoms with Crippen LogP contribution in [-0.2, 0) is 0 Å². The highest BCUT2D eigenvalue weighted by Crippen LogP contribution is 2.46. The highest BCUT2D eigenvalue weighted by atomic mass is 32.2. The Labute approximate surface area is 79.7 Å². The van der Waals surface area contributed by atoms with E-state index in [0.717, 1.165) is 10.6 Å². The summed E-state index contributed by atoms with van der Waals surface area (Å²) in [5.41, 5.74) is 0.607. The van der Waals surface area contributed by atoms with Crippen molar-refractivity contribution in [3.05, 3.63) is 0 Å². The molecule has 0 spiro atoms. The second-order valence-electron chi connectivity index (χ2n) is 4.60. The van der Waals surface area contributed by atoms with Crippen molar-refractivity contribution in [2.75, 3.05) is 6.54 Å². The fourth-order valence-electron chi connectivity index (χ4n) is 2.46. The van der Waals surface area contributed by atoms with E-state index in [1.807, 2.05) is 0 Å². The van der Waals surface area contributed by atoms with Gasteiger partial charge in [-0.1, -0.05) is 26.7 Å². The molecule has 2 aliphatic rings. The minimum absolute atomic E-state index is 0.607. The molecule has 12 heavy (non-hydrogen) atoms. The number of hydrogen-bond acceptors (Lipinski definition) is 2.